The molecule has 0 atom stereocenters. The molecular formula is C10H9N3O2. The van der Waals surface area contributed by atoms with Gasteiger partial charge in [-0.25, -0.2) is 4.79 Å². The van der Waals surface area contributed by atoms with Crippen LogP contribution in [0.3, 0.4) is 0 Å². The second-order valence-electron chi connectivity index (χ2n) is 2.93. The van der Waals surface area contributed by atoms with Gasteiger partial charge in [-0.3, -0.25) is 5.10 Å². The Morgan fingerprint density at radius 2 is 2.33 bits per heavy atom. The molecule has 0 bridgehead atoms. The Kier molecular flexibility index (Phi) is 2.45. The zero-order valence-electron chi connectivity index (χ0n) is 8.10. The highest BCUT2D eigenvalue weighted by Gasteiger charge is 2.07. The number of nitrogens with zero attached hydrogens (tertiary/aromatic N) is 2. The highest BCUT2D eigenvalue weighted by atomic mass is 16.5. The minimum atomic E-state index is -0.361. The largest absolute Gasteiger partial charge is 0.465 e. The van der Waals surface area contributed by atoms with Crippen molar-refractivity contribution in [3.05, 3.63) is 36.0 Å². The van der Waals surface area contributed by atoms with Crippen LogP contribution in [-0.2, 0) is 4.74 Å². The number of esters is 1. The lowest BCUT2D eigenvalue weighted by molar-refractivity contribution is 0.0601. The number of hydrogen-bond acceptors (Lipinski definition) is 4. The average Bonchev–Trinajstić information content (AvgIpc) is 2.82. The Morgan fingerprint density at radius 3 is 3.00 bits per heavy atom. The lowest BCUT2D eigenvalue weighted by Crippen LogP contribution is -2.00. The minimum Gasteiger partial charge on any atom is -0.465 e. The monoisotopic (exact) mass is 203 g/mol. The summed E-state index contributed by atoms with van der Waals surface area (Å²) in [7, 11) is 1.35. The van der Waals surface area contributed by atoms with E-state index in [0.717, 1.165) is 5.56 Å². The summed E-state index contributed by atoms with van der Waals surface area (Å²) in [5.41, 5.74) is 2.02. The first-order chi connectivity index (χ1) is 7.31. The molecule has 15 heavy (non-hydrogen) atoms. The maximum Gasteiger partial charge on any atom is 0.337 e. The summed E-state index contributed by atoms with van der Waals surface area (Å²) in [5.74, 6) is -0.361. The number of aromatic amines is 1. The number of carbonyl (C=O) groups excluding carboxylic acids is 1. The Bertz CT molecular complexity index is 465. The fourth-order valence-electron chi connectivity index (χ4n) is 1.27. The molecule has 0 amide bonds. The van der Waals surface area contributed by atoms with Crippen molar-refractivity contribution in [3.8, 4) is 11.3 Å². The van der Waals surface area contributed by atoms with Crippen LogP contribution in [0, 0.1) is 0 Å². The molecule has 0 saturated heterocycles. The standard InChI is InChI=1S/C10H9N3O2/c1-15-10(14)8-4-2-3-7(5-8)9-6-11-13-12-9/h2-6H,1H3,(H,11,12,13). The predicted octanol–water partition coefficient (Wildman–Crippen LogP) is 1.26. The van der Waals surface area contributed by atoms with E-state index in [4.69, 9.17) is 0 Å². The zero-order valence-corrected chi connectivity index (χ0v) is 8.10. The van der Waals surface area contributed by atoms with Gasteiger partial charge in [0.15, 0.2) is 0 Å². The second kappa shape index (κ2) is 3.91. The van der Waals surface area contributed by atoms with Crippen LogP contribution in [0.15, 0.2) is 30.5 Å². The number of aromatic nitrogens is 3. The van der Waals surface area contributed by atoms with Gasteiger partial charge in [-0.2, -0.15) is 0 Å². The number of carbonyl (C=O) groups is 1. The molecule has 0 aliphatic carbocycles. The number of benzene rings is 1. The van der Waals surface area contributed by atoms with E-state index in [0.29, 0.717) is 11.3 Å². The van der Waals surface area contributed by atoms with Gasteiger partial charge < -0.3 is 4.74 Å². The Hall–Kier alpha value is -2.17. The van der Waals surface area contributed by atoms with Crippen LogP contribution < -0.4 is 0 Å². The van der Waals surface area contributed by atoms with E-state index in [1.807, 2.05) is 6.07 Å². The molecule has 0 fully saturated rings. The third kappa shape index (κ3) is 1.85. The van der Waals surface area contributed by atoms with Crippen LogP contribution in [0.4, 0.5) is 0 Å². The molecule has 0 spiro atoms. The Labute approximate surface area is 86.1 Å². The van der Waals surface area contributed by atoms with E-state index in [9.17, 15) is 4.79 Å². The highest BCUT2D eigenvalue weighted by molar-refractivity contribution is 5.90. The fourth-order valence-corrected chi connectivity index (χ4v) is 1.27. The molecule has 0 unspecified atom stereocenters. The maximum absolute atomic E-state index is 11.3. The fraction of sp³-hybridized carbons (Fsp3) is 0.100. The predicted molar refractivity (Wildman–Crippen MR) is 53.2 cm³/mol. The van der Waals surface area contributed by atoms with Gasteiger partial charge in [-0.1, -0.05) is 17.3 Å². The third-order valence-corrected chi connectivity index (χ3v) is 2.00. The summed E-state index contributed by atoms with van der Waals surface area (Å²) in [4.78, 5) is 11.3. The topological polar surface area (TPSA) is 67.9 Å². The van der Waals surface area contributed by atoms with E-state index in [2.05, 4.69) is 20.1 Å². The maximum atomic E-state index is 11.3. The van der Waals surface area contributed by atoms with Crippen molar-refractivity contribution < 1.29 is 9.53 Å². The molecule has 1 heterocycles. The molecule has 0 radical (unpaired) electrons. The van der Waals surface area contributed by atoms with E-state index >= 15 is 0 Å². The van der Waals surface area contributed by atoms with Gasteiger partial charge in [-0.15, -0.1) is 5.10 Å². The summed E-state index contributed by atoms with van der Waals surface area (Å²) < 4.78 is 4.63. The summed E-state index contributed by atoms with van der Waals surface area (Å²) in [5, 5.41) is 10.1. The van der Waals surface area contributed by atoms with E-state index < -0.39 is 0 Å². The molecule has 0 aliphatic heterocycles. The molecule has 5 heteroatoms. The van der Waals surface area contributed by atoms with Crippen LogP contribution in [0.1, 0.15) is 10.4 Å². The summed E-state index contributed by atoms with van der Waals surface area (Å²) >= 11 is 0. The van der Waals surface area contributed by atoms with Crippen LogP contribution in [0.25, 0.3) is 11.3 Å². The number of methoxy groups -OCH3 is 1. The van der Waals surface area contributed by atoms with Crippen molar-refractivity contribution >= 4 is 5.97 Å². The molecule has 0 saturated carbocycles. The van der Waals surface area contributed by atoms with E-state index in [1.165, 1.54) is 7.11 Å². The molecule has 2 rings (SSSR count). The van der Waals surface area contributed by atoms with Crippen LogP contribution in [0.2, 0.25) is 0 Å². The van der Waals surface area contributed by atoms with Gasteiger partial charge in [0.25, 0.3) is 0 Å². The average molecular weight is 203 g/mol. The van der Waals surface area contributed by atoms with Crippen molar-refractivity contribution in [3.63, 3.8) is 0 Å². The van der Waals surface area contributed by atoms with E-state index in [1.54, 1.807) is 24.4 Å². The molecule has 5 nitrogen and oxygen atoms in total. The summed E-state index contributed by atoms with van der Waals surface area (Å²) in [6.07, 6.45) is 1.66. The lowest BCUT2D eigenvalue weighted by Gasteiger charge is -2.00. The van der Waals surface area contributed by atoms with Crippen LogP contribution >= 0.6 is 0 Å². The van der Waals surface area contributed by atoms with E-state index in [-0.39, 0.29) is 5.97 Å². The first kappa shape index (κ1) is 9.39. The zero-order chi connectivity index (χ0) is 10.7. The van der Waals surface area contributed by atoms with Gasteiger partial charge in [0.05, 0.1) is 12.7 Å². The number of H-pyrrole nitrogens is 1. The van der Waals surface area contributed by atoms with Crippen LogP contribution in [-0.4, -0.2) is 28.5 Å². The number of hydrogen-bond donors (Lipinski definition) is 1. The first-order valence-electron chi connectivity index (χ1n) is 4.36. The summed E-state index contributed by atoms with van der Waals surface area (Å²) in [6.45, 7) is 0. The lowest BCUT2D eigenvalue weighted by atomic mass is 10.1. The molecule has 1 N–H and O–H groups in total. The van der Waals surface area contributed by atoms with Gasteiger partial charge in [0.1, 0.15) is 5.69 Å². The molecule has 0 aliphatic rings. The number of nitrogens with one attached hydrogen (secondary N) is 1. The molecule has 1 aromatic carbocycles. The Balaban J connectivity index is 2.39. The Morgan fingerprint density at radius 1 is 1.47 bits per heavy atom. The first-order valence-corrected chi connectivity index (χ1v) is 4.36. The van der Waals surface area contributed by atoms with Crippen molar-refractivity contribution in [2.75, 3.05) is 7.11 Å². The molecule has 1 aromatic heterocycles. The van der Waals surface area contributed by atoms with Gasteiger partial charge >= 0.3 is 5.97 Å². The number of ether oxygens (including phenoxy) is 1. The summed E-state index contributed by atoms with van der Waals surface area (Å²) in [6, 6.07) is 7.03. The quantitative estimate of drug-likeness (QED) is 0.746. The SMILES string of the molecule is COC(=O)c1cccc(-c2c[nH]nn2)c1. The van der Waals surface area contributed by atoms with Gasteiger partial charge in [0, 0.05) is 11.8 Å². The second-order valence-corrected chi connectivity index (χ2v) is 2.93. The van der Waals surface area contributed by atoms with Crippen molar-refractivity contribution in [1.82, 2.24) is 15.4 Å². The van der Waals surface area contributed by atoms with Crippen molar-refractivity contribution in [2.45, 2.75) is 0 Å². The molecule has 76 valence electrons. The highest BCUT2D eigenvalue weighted by Crippen LogP contribution is 2.16. The van der Waals surface area contributed by atoms with Gasteiger partial charge in [0.2, 0.25) is 0 Å². The van der Waals surface area contributed by atoms with Gasteiger partial charge in [-0.05, 0) is 12.1 Å². The minimum absolute atomic E-state index is 0.361. The van der Waals surface area contributed by atoms with Crippen molar-refractivity contribution in [2.24, 2.45) is 0 Å². The molecular weight excluding hydrogens is 194 g/mol. The van der Waals surface area contributed by atoms with Crippen molar-refractivity contribution in [1.29, 1.82) is 0 Å². The number of rotatable bonds is 2. The van der Waals surface area contributed by atoms with Crippen LogP contribution in [0.5, 0.6) is 0 Å². The normalized spacial score (nSPS) is 9.93. The molecule has 2 aromatic rings. The smallest absolute Gasteiger partial charge is 0.337 e. The third-order valence-electron chi connectivity index (χ3n) is 2.00.